The quantitative estimate of drug-likeness (QED) is 0.465. The zero-order chi connectivity index (χ0) is 22.9. The van der Waals surface area contributed by atoms with Gasteiger partial charge in [0.2, 0.25) is 0 Å². The van der Waals surface area contributed by atoms with Crippen molar-refractivity contribution in [3.05, 3.63) is 90.0 Å². The number of amides is 2. The SMILES string of the molecule is CCC(Oc1ccccc1C(C)CC)C(=O)NNC(=O)c1ccc(-c2ccccc2)cc1. The summed E-state index contributed by atoms with van der Waals surface area (Å²) in [6.07, 6.45) is 0.742. The van der Waals surface area contributed by atoms with Gasteiger partial charge in [-0.1, -0.05) is 81.4 Å². The minimum absolute atomic E-state index is 0.324. The van der Waals surface area contributed by atoms with Crippen LogP contribution in [-0.4, -0.2) is 17.9 Å². The average Bonchev–Trinajstić information content (AvgIpc) is 2.86. The van der Waals surface area contributed by atoms with Gasteiger partial charge in [-0.05, 0) is 53.6 Å². The third kappa shape index (κ3) is 5.76. The van der Waals surface area contributed by atoms with E-state index in [-0.39, 0.29) is 11.8 Å². The molecule has 3 rings (SSSR count). The summed E-state index contributed by atoms with van der Waals surface area (Å²) in [7, 11) is 0. The number of hydrogen-bond acceptors (Lipinski definition) is 3. The van der Waals surface area contributed by atoms with E-state index in [1.807, 2.05) is 73.7 Å². The van der Waals surface area contributed by atoms with E-state index in [2.05, 4.69) is 24.7 Å². The van der Waals surface area contributed by atoms with Crippen LogP contribution >= 0.6 is 0 Å². The van der Waals surface area contributed by atoms with Crippen molar-refractivity contribution in [2.45, 2.75) is 45.6 Å². The van der Waals surface area contributed by atoms with E-state index in [4.69, 9.17) is 4.74 Å². The largest absolute Gasteiger partial charge is 0.480 e. The first-order chi connectivity index (χ1) is 15.5. The van der Waals surface area contributed by atoms with Crippen LogP contribution in [0.3, 0.4) is 0 Å². The molecule has 3 aromatic carbocycles. The number of benzene rings is 3. The van der Waals surface area contributed by atoms with Crippen molar-refractivity contribution in [3.8, 4) is 16.9 Å². The molecule has 0 aliphatic heterocycles. The van der Waals surface area contributed by atoms with Crippen LogP contribution in [0.15, 0.2) is 78.9 Å². The van der Waals surface area contributed by atoms with Gasteiger partial charge in [-0.2, -0.15) is 0 Å². The second-order valence-electron chi connectivity index (χ2n) is 7.75. The summed E-state index contributed by atoms with van der Waals surface area (Å²) >= 11 is 0. The number of hydrazine groups is 1. The molecule has 0 spiro atoms. The fourth-order valence-corrected chi connectivity index (χ4v) is 3.41. The van der Waals surface area contributed by atoms with Gasteiger partial charge in [0, 0.05) is 5.56 Å². The Morgan fingerprint density at radius 3 is 2.06 bits per heavy atom. The molecular weight excluding hydrogens is 400 g/mol. The number of carbonyl (C=O) groups excluding carboxylic acids is 2. The molecule has 5 heteroatoms. The molecule has 0 radical (unpaired) electrons. The Hall–Kier alpha value is -3.60. The predicted octanol–water partition coefficient (Wildman–Crippen LogP) is 5.49. The van der Waals surface area contributed by atoms with Crippen molar-refractivity contribution in [1.82, 2.24) is 10.9 Å². The summed E-state index contributed by atoms with van der Waals surface area (Å²) in [6, 6.07) is 24.9. The Morgan fingerprint density at radius 1 is 0.781 bits per heavy atom. The smallest absolute Gasteiger partial charge is 0.279 e. The molecule has 0 saturated carbocycles. The van der Waals surface area contributed by atoms with E-state index in [1.54, 1.807) is 12.1 Å². The van der Waals surface area contributed by atoms with Gasteiger partial charge in [0.1, 0.15) is 5.75 Å². The minimum Gasteiger partial charge on any atom is -0.480 e. The molecule has 0 aliphatic carbocycles. The fraction of sp³-hybridized carbons (Fsp3) is 0.259. The molecular formula is C27H30N2O3. The molecule has 0 fully saturated rings. The predicted molar refractivity (Wildman–Crippen MR) is 127 cm³/mol. The zero-order valence-corrected chi connectivity index (χ0v) is 18.8. The highest BCUT2D eigenvalue weighted by Gasteiger charge is 2.21. The second-order valence-corrected chi connectivity index (χ2v) is 7.75. The van der Waals surface area contributed by atoms with E-state index < -0.39 is 6.10 Å². The number of hydrogen-bond donors (Lipinski definition) is 2. The molecule has 2 unspecified atom stereocenters. The third-order valence-electron chi connectivity index (χ3n) is 5.55. The van der Waals surface area contributed by atoms with Crippen LogP contribution in [0, 0.1) is 0 Å². The molecule has 2 amide bonds. The van der Waals surface area contributed by atoms with Crippen molar-refractivity contribution >= 4 is 11.8 Å². The Balaban J connectivity index is 1.60. The van der Waals surface area contributed by atoms with Crippen molar-refractivity contribution in [2.24, 2.45) is 0 Å². The van der Waals surface area contributed by atoms with Crippen LogP contribution in [0.25, 0.3) is 11.1 Å². The first kappa shape index (κ1) is 23.1. The lowest BCUT2D eigenvalue weighted by atomic mass is 9.98. The van der Waals surface area contributed by atoms with Crippen LogP contribution in [0.5, 0.6) is 5.75 Å². The van der Waals surface area contributed by atoms with Gasteiger partial charge in [-0.25, -0.2) is 0 Å². The molecule has 0 aromatic heterocycles. The summed E-state index contributed by atoms with van der Waals surface area (Å²) < 4.78 is 6.02. The first-order valence-electron chi connectivity index (χ1n) is 11.0. The molecule has 3 aromatic rings. The molecule has 0 bridgehead atoms. The molecule has 32 heavy (non-hydrogen) atoms. The second kappa shape index (κ2) is 11.1. The van der Waals surface area contributed by atoms with E-state index in [1.165, 1.54) is 0 Å². The van der Waals surface area contributed by atoms with Gasteiger partial charge in [-0.15, -0.1) is 0 Å². The van der Waals surface area contributed by atoms with E-state index >= 15 is 0 Å². The maximum atomic E-state index is 12.7. The average molecular weight is 431 g/mol. The maximum absolute atomic E-state index is 12.7. The van der Waals surface area contributed by atoms with Crippen molar-refractivity contribution in [3.63, 3.8) is 0 Å². The molecule has 0 saturated heterocycles. The molecule has 0 heterocycles. The lowest BCUT2D eigenvalue weighted by Gasteiger charge is -2.21. The molecule has 166 valence electrons. The Bertz CT molecular complexity index is 1030. The van der Waals surface area contributed by atoms with Crippen LogP contribution < -0.4 is 15.6 Å². The van der Waals surface area contributed by atoms with Gasteiger partial charge in [0.25, 0.3) is 11.8 Å². The lowest BCUT2D eigenvalue weighted by molar-refractivity contribution is -0.128. The Labute approximate surface area is 189 Å². The minimum atomic E-state index is -0.707. The van der Waals surface area contributed by atoms with Gasteiger partial charge in [-0.3, -0.25) is 20.4 Å². The molecule has 5 nitrogen and oxygen atoms in total. The van der Waals surface area contributed by atoms with Crippen LogP contribution in [0.2, 0.25) is 0 Å². The highest BCUT2D eigenvalue weighted by atomic mass is 16.5. The number of para-hydroxylation sites is 1. The summed E-state index contributed by atoms with van der Waals surface area (Å²) in [5, 5.41) is 0. The normalized spacial score (nSPS) is 12.5. The molecule has 2 atom stereocenters. The third-order valence-corrected chi connectivity index (χ3v) is 5.55. The van der Waals surface area contributed by atoms with E-state index in [0.29, 0.717) is 23.7 Å². The fourth-order valence-electron chi connectivity index (χ4n) is 3.41. The maximum Gasteiger partial charge on any atom is 0.279 e. The van der Waals surface area contributed by atoms with Crippen molar-refractivity contribution in [2.75, 3.05) is 0 Å². The van der Waals surface area contributed by atoms with Crippen LogP contribution in [-0.2, 0) is 4.79 Å². The number of rotatable bonds is 8. The Kier molecular flexibility index (Phi) is 8.03. The molecule has 2 N–H and O–H groups in total. The monoisotopic (exact) mass is 430 g/mol. The molecule has 0 aliphatic rings. The first-order valence-corrected chi connectivity index (χ1v) is 11.0. The van der Waals surface area contributed by atoms with Crippen LogP contribution in [0.1, 0.15) is 55.5 Å². The highest BCUT2D eigenvalue weighted by molar-refractivity contribution is 5.96. The Morgan fingerprint density at radius 2 is 1.41 bits per heavy atom. The van der Waals surface area contributed by atoms with Gasteiger partial charge in [0.15, 0.2) is 6.10 Å². The summed E-state index contributed by atoms with van der Waals surface area (Å²) in [4.78, 5) is 25.1. The summed E-state index contributed by atoms with van der Waals surface area (Å²) in [5.41, 5.74) is 8.61. The van der Waals surface area contributed by atoms with Gasteiger partial charge in [0.05, 0.1) is 0 Å². The lowest BCUT2D eigenvalue weighted by Crippen LogP contribution is -2.48. The van der Waals surface area contributed by atoms with Crippen molar-refractivity contribution < 1.29 is 14.3 Å². The van der Waals surface area contributed by atoms with E-state index in [0.717, 1.165) is 23.1 Å². The standard InChI is InChI=1S/C27H30N2O3/c1-4-19(3)23-13-9-10-14-25(23)32-24(5-2)27(31)29-28-26(30)22-17-15-21(16-18-22)20-11-7-6-8-12-20/h6-19,24H,4-5H2,1-3H3,(H,28,30)(H,29,31). The zero-order valence-electron chi connectivity index (χ0n) is 18.8. The van der Waals surface area contributed by atoms with Crippen LogP contribution in [0.4, 0.5) is 0 Å². The number of ether oxygens (including phenoxy) is 1. The highest BCUT2D eigenvalue weighted by Crippen LogP contribution is 2.29. The van der Waals surface area contributed by atoms with E-state index in [9.17, 15) is 9.59 Å². The number of nitrogens with one attached hydrogen (secondary N) is 2. The topological polar surface area (TPSA) is 67.4 Å². The summed E-state index contributed by atoms with van der Waals surface area (Å²) in [6.45, 7) is 6.13. The van der Waals surface area contributed by atoms with Crippen molar-refractivity contribution in [1.29, 1.82) is 0 Å². The summed E-state index contributed by atoms with van der Waals surface area (Å²) in [5.74, 6) is 0.255. The van der Waals surface area contributed by atoms with Gasteiger partial charge < -0.3 is 4.74 Å². The van der Waals surface area contributed by atoms with Gasteiger partial charge >= 0.3 is 0 Å². The number of carbonyl (C=O) groups is 2.